The average Bonchev–Trinajstić information content (AvgIpc) is 3.31. The smallest absolute Gasteiger partial charge is 0.0620 e. The van der Waals surface area contributed by atoms with Crippen molar-refractivity contribution in [2.45, 2.75) is 13.8 Å². The van der Waals surface area contributed by atoms with Crippen molar-refractivity contribution in [2.24, 2.45) is 0 Å². The molecule has 4 nitrogen and oxygen atoms in total. The van der Waals surface area contributed by atoms with Crippen LogP contribution < -0.4 is 42.3 Å². The standard InChI is InChI=1S/2C18H15P.C14H12N2.2CO.Mo/c2*1-4-10-16(11-5-1)19(17-12-6-2-7-13-17)18-14-8-3-9-15-18;1-9-3-5-11-7-8-12-6-4-10(2)16-14(12)13(11)15-9;2*1-2;/h2*1-15H;3-8H,1-2H3;;;/q;;-2;;;+2/p+2. The fourth-order valence-corrected chi connectivity index (χ4v) is 11.7. The van der Waals surface area contributed by atoms with Crippen LogP contribution >= 0.6 is 15.8 Å². The molecule has 2 aliphatic rings. The van der Waals surface area contributed by atoms with Gasteiger partial charge in [-0.3, -0.25) is 0 Å². The molecule has 2 aliphatic heterocycles. The predicted molar refractivity (Wildman–Crippen MR) is 249 cm³/mol. The summed E-state index contributed by atoms with van der Waals surface area (Å²) in [7, 11) is -1.75. The van der Waals surface area contributed by atoms with Crippen LogP contribution in [0.4, 0.5) is 11.4 Å². The van der Waals surface area contributed by atoms with E-state index in [0.717, 1.165) is 33.2 Å². The van der Waals surface area contributed by atoms with Gasteiger partial charge in [0.05, 0.1) is 15.8 Å². The second-order valence-corrected chi connectivity index (χ2v) is 18.0. The van der Waals surface area contributed by atoms with Crippen molar-refractivity contribution in [3.8, 4) is 0 Å². The van der Waals surface area contributed by atoms with Gasteiger partial charge in [-0.1, -0.05) is 159 Å². The topological polar surface area (TPSA) is 68.0 Å². The van der Waals surface area contributed by atoms with Crippen LogP contribution in [0, 0.1) is 13.3 Å². The summed E-state index contributed by atoms with van der Waals surface area (Å²) >= 11 is 0. The van der Waals surface area contributed by atoms with Gasteiger partial charge in [0.25, 0.3) is 0 Å². The molecule has 0 N–H and O–H groups in total. The molecule has 0 saturated heterocycles. The van der Waals surface area contributed by atoms with Crippen LogP contribution in [0.25, 0.3) is 22.8 Å². The average molecular weight is 887 g/mol. The van der Waals surface area contributed by atoms with E-state index in [1.54, 1.807) is 0 Å². The fourth-order valence-electron chi connectivity index (χ4n) is 6.59. The zero-order chi connectivity index (χ0) is 41.0. The number of rotatable bonds is 6. The van der Waals surface area contributed by atoms with Crippen LogP contribution in [0.5, 0.6) is 0 Å². The second-order valence-electron chi connectivity index (χ2n) is 13.1. The Morgan fingerprint density at radius 3 is 0.729 bits per heavy atom. The summed E-state index contributed by atoms with van der Waals surface area (Å²) in [5.41, 5.74) is 4.06. The molecule has 0 aliphatic carbocycles. The predicted octanol–water partition coefficient (Wildman–Crippen LogP) is 9.37. The van der Waals surface area contributed by atoms with Crippen molar-refractivity contribution in [3.63, 3.8) is 0 Å². The Morgan fingerprint density at radius 1 is 0.322 bits per heavy atom. The van der Waals surface area contributed by atoms with Gasteiger partial charge in [-0.2, -0.15) is 11.4 Å². The van der Waals surface area contributed by atoms with E-state index in [0.29, 0.717) is 0 Å². The van der Waals surface area contributed by atoms with E-state index in [2.05, 4.69) is 230 Å². The Kier molecular flexibility index (Phi) is 19.5. The minimum absolute atomic E-state index is 0. The molecule has 288 valence electrons. The maximum atomic E-state index is 7.50. The molecule has 0 spiro atoms. The van der Waals surface area contributed by atoms with Gasteiger partial charge in [-0.15, -0.1) is 11.4 Å². The summed E-state index contributed by atoms with van der Waals surface area (Å²) in [5, 5.41) is 20.1. The SMILES string of the molecule is CC1=CC=c2ccc3c(c2[N-]1)[N-]C(C)=CC=3.[C-]#[O+].[C-]#[O+].[Mo+2].c1ccc([PH+](c2ccccc2)c2ccccc2)cc1.c1ccc([PH+](c2ccccc2)c2ccccc2)cc1. The molecule has 0 radical (unpaired) electrons. The molecular formula is C52H44MoN2O2P2+2. The van der Waals surface area contributed by atoms with Gasteiger partial charge < -0.3 is 10.6 Å². The van der Waals surface area contributed by atoms with Crippen molar-refractivity contribution >= 4 is 71.2 Å². The third-order valence-corrected chi connectivity index (χ3v) is 14.6. The van der Waals surface area contributed by atoms with Gasteiger partial charge >= 0.3 is 43.7 Å². The first-order chi connectivity index (χ1) is 28.6. The largest absolute Gasteiger partial charge is 2.00 e. The van der Waals surface area contributed by atoms with Crippen LogP contribution in [-0.2, 0) is 30.4 Å². The molecule has 0 unspecified atom stereocenters. The van der Waals surface area contributed by atoms with Crippen LogP contribution in [0.2, 0.25) is 0 Å². The van der Waals surface area contributed by atoms with E-state index in [1.165, 1.54) is 31.8 Å². The van der Waals surface area contributed by atoms with Gasteiger partial charge in [-0.25, -0.2) is 0 Å². The zero-order valence-electron chi connectivity index (χ0n) is 32.9. The molecule has 0 fully saturated rings. The molecule has 0 bridgehead atoms. The summed E-state index contributed by atoms with van der Waals surface area (Å²) in [6.07, 6.45) is 8.26. The summed E-state index contributed by atoms with van der Waals surface area (Å²) in [5.74, 6) is 0. The molecule has 59 heavy (non-hydrogen) atoms. The van der Waals surface area contributed by atoms with Gasteiger partial charge in [0, 0.05) is 0 Å². The van der Waals surface area contributed by atoms with E-state index in [4.69, 9.17) is 9.30 Å². The number of hydrogen-bond acceptors (Lipinski definition) is 0. The number of hydrogen-bond donors (Lipinski definition) is 0. The Labute approximate surface area is 365 Å². The minimum Gasteiger partial charge on any atom is -0.0620 e. The molecule has 0 aromatic heterocycles. The second kappa shape index (κ2) is 25.0. The van der Waals surface area contributed by atoms with Crippen molar-refractivity contribution < 1.29 is 30.4 Å². The zero-order valence-corrected chi connectivity index (χ0v) is 36.9. The van der Waals surface area contributed by atoms with Gasteiger partial charge in [-0.05, 0) is 83.2 Å². The fraction of sp³-hybridized carbons (Fsp3) is 0.0385. The summed E-state index contributed by atoms with van der Waals surface area (Å²) in [6, 6.07) is 69.2. The van der Waals surface area contributed by atoms with Crippen molar-refractivity contribution in [1.82, 2.24) is 0 Å². The Morgan fingerprint density at radius 2 is 0.525 bits per heavy atom. The Hall–Kier alpha value is -5.61. The van der Waals surface area contributed by atoms with Crippen LogP contribution in [0.15, 0.2) is 218 Å². The van der Waals surface area contributed by atoms with E-state index in [9.17, 15) is 0 Å². The Bertz CT molecular complexity index is 2180. The monoisotopic (exact) mass is 888 g/mol. The first kappa shape index (κ1) is 46.1. The summed E-state index contributed by atoms with van der Waals surface area (Å²) in [4.78, 5) is 0. The van der Waals surface area contributed by atoms with Crippen molar-refractivity contribution in [1.29, 1.82) is 0 Å². The maximum absolute atomic E-state index is 7.50. The van der Waals surface area contributed by atoms with Gasteiger partial charge in [0.15, 0.2) is 0 Å². The minimum atomic E-state index is -0.877. The first-order valence-corrected chi connectivity index (χ1v) is 21.7. The maximum Gasteiger partial charge on any atom is 2.00 e. The summed E-state index contributed by atoms with van der Waals surface area (Å²) < 4.78 is 15.0. The summed E-state index contributed by atoms with van der Waals surface area (Å²) in [6.45, 7) is 13.0. The molecule has 0 atom stereocenters. The number of benzene rings is 7. The number of nitrogens with zero attached hydrogens (tertiary/aromatic N) is 2. The molecule has 7 aromatic rings. The quantitative estimate of drug-likeness (QED) is 0.0692. The van der Waals surface area contributed by atoms with E-state index >= 15 is 0 Å². The normalized spacial score (nSPS) is 11.3. The molecule has 9 rings (SSSR count). The van der Waals surface area contributed by atoms with Crippen LogP contribution in [0.1, 0.15) is 13.8 Å². The molecule has 7 aromatic carbocycles. The first-order valence-electron chi connectivity index (χ1n) is 18.7. The Balaban J connectivity index is 0.000000186. The number of allylic oxidation sites excluding steroid dienone is 4. The number of fused-ring (bicyclic) bond motifs is 3. The van der Waals surface area contributed by atoms with E-state index < -0.39 is 15.8 Å². The van der Waals surface area contributed by atoms with E-state index in [1.807, 2.05) is 26.0 Å². The molecule has 0 amide bonds. The molecule has 0 saturated carbocycles. The third-order valence-electron chi connectivity index (χ3n) is 9.17. The third kappa shape index (κ3) is 12.9. The van der Waals surface area contributed by atoms with Gasteiger partial charge in [0.2, 0.25) is 0 Å². The van der Waals surface area contributed by atoms with Crippen LogP contribution in [-0.4, -0.2) is 0 Å². The van der Waals surface area contributed by atoms with Crippen LogP contribution in [0.3, 0.4) is 0 Å². The van der Waals surface area contributed by atoms with E-state index in [-0.39, 0.29) is 21.1 Å². The molecular weight excluding hydrogens is 842 g/mol. The molecule has 2 heterocycles. The molecule has 7 heteroatoms. The van der Waals surface area contributed by atoms with Crippen molar-refractivity contribution in [3.05, 3.63) is 252 Å². The van der Waals surface area contributed by atoms with Crippen molar-refractivity contribution in [2.75, 3.05) is 0 Å². The van der Waals surface area contributed by atoms with Gasteiger partial charge in [0.1, 0.15) is 31.8 Å².